The third-order valence-electron chi connectivity index (χ3n) is 3.92. The van der Waals surface area contributed by atoms with Crippen LogP contribution in [0.4, 0.5) is 5.69 Å². The number of hydrogen-bond donors (Lipinski definition) is 1. The van der Waals surface area contributed by atoms with Crippen LogP contribution in [-0.4, -0.2) is 17.2 Å². The predicted molar refractivity (Wildman–Crippen MR) is 72.3 cm³/mol. The lowest BCUT2D eigenvalue weighted by molar-refractivity contribution is 0.199. The minimum atomic E-state index is -0.392. The van der Waals surface area contributed by atoms with Crippen molar-refractivity contribution in [1.82, 2.24) is 0 Å². The molecule has 3 unspecified atom stereocenters. The average molecular weight is 233 g/mol. The molecule has 1 aliphatic rings. The summed E-state index contributed by atoms with van der Waals surface area (Å²) in [5.74, 6) is 0. The van der Waals surface area contributed by atoms with E-state index >= 15 is 0 Å². The van der Waals surface area contributed by atoms with Gasteiger partial charge in [-0.2, -0.15) is 0 Å². The molecule has 3 atom stereocenters. The monoisotopic (exact) mass is 233 g/mol. The van der Waals surface area contributed by atoms with E-state index in [-0.39, 0.29) is 0 Å². The van der Waals surface area contributed by atoms with Gasteiger partial charge in [-0.3, -0.25) is 0 Å². The highest BCUT2D eigenvalue weighted by Crippen LogP contribution is 2.36. The van der Waals surface area contributed by atoms with Gasteiger partial charge in [-0.1, -0.05) is 25.1 Å². The fraction of sp³-hybridized carbons (Fsp3) is 0.600. The van der Waals surface area contributed by atoms with E-state index in [2.05, 4.69) is 30.9 Å². The van der Waals surface area contributed by atoms with Gasteiger partial charge in [0.1, 0.15) is 0 Å². The van der Waals surface area contributed by atoms with Crippen molar-refractivity contribution >= 4 is 5.69 Å². The minimum Gasteiger partial charge on any atom is -0.389 e. The summed E-state index contributed by atoms with van der Waals surface area (Å²) in [6.45, 7) is 6.38. The Morgan fingerprint density at radius 1 is 1.35 bits per heavy atom. The van der Waals surface area contributed by atoms with Crippen molar-refractivity contribution in [1.29, 1.82) is 0 Å². The van der Waals surface area contributed by atoms with Gasteiger partial charge in [0.15, 0.2) is 0 Å². The van der Waals surface area contributed by atoms with Gasteiger partial charge in [0, 0.05) is 23.3 Å². The smallest absolute Gasteiger partial charge is 0.0781 e. The summed E-state index contributed by atoms with van der Waals surface area (Å²) in [6, 6.07) is 9.47. The molecule has 94 valence electrons. The van der Waals surface area contributed by atoms with Gasteiger partial charge >= 0.3 is 0 Å². The quantitative estimate of drug-likeness (QED) is 0.863. The van der Waals surface area contributed by atoms with Gasteiger partial charge in [0.05, 0.1) is 6.10 Å². The van der Waals surface area contributed by atoms with Gasteiger partial charge < -0.3 is 10.0 Å². The highest BCUT2D eigenvalue weighted by molar-refractivity contribution is 5.56. The van der Waals surface area contributed by atoms with Crippen molar-refractivity contribution in [2.45, 2.75) is 58.2 Å². The second-order valence-electron chi connectivity index (χ2n) is 5.13. The molecule has 0 aromatic heterocycles. The van der Waals surface area contributed by atoms with Crippen LogP contribution >= 0.6 is 0 Å². The molecular formula is C15H23NO. The van der Waals surface area contributed by atoms with Crippen molar-refractivity contribution in [3.63, 3.8) is 0 Å². The Balaban J connectivity index is 2.38. The summed E-state index contributed by atoms with van der Waals surface area (Å²) in [4.78, 5) is 2.50. The molecule has 2 heteroatoms. The Kier molecular flexibility index (Phi) is 3.72. The van der Waals surface area contributed by atoms with Gasteiger partial charge in [0.25, 0.3) is 0 Å². The van der Waals surface area contributed by atoms with Crippen LogP contribution in [-0.2, 0) is 0 Å². The van der Waals surface area contributed by atoms with E-state index < -0.39 is 6.10 Å². The fourth-order valence-corrected chi connectivity index (χ4v) is 2.98. The fourth-order valence-electron chi connectivity index (χ4n) is 2.98. The normalized spacial score (nSPS) is 26.2. The number of nitrogens with zero attached hydrogens (tertiary/aromatic N) is 1. The molecule has 1 aromatic carbocycles. The molecule has 0 amide bonds. The third kappa shape index (κ3) is 2.32. The summed E-state index contributed by atoms with van der Waals surface area (Å²) in [5.41, 5.74) is 2.28. The minimum absolute atomic E-state index is 0.392. The molecule has 0 aliphatic carbocycles. The number of aliphatic hydroxyl groups excluding tert-OH is 1. The Hall–Kier alpha value is -1.02. The number of para-hydroxylation sites is 1. The van der Waals surface area contributed by atoms with Crippen LogP contribution in [0.3, 0.4) is 0 Å². The molecule has 1 N–H and O–H groups in total. The first-order valence-electron chi connectivity index (χ1n) is 6.70. The molecule has 1 heterocycles. The summed E-state index contributed by atoms with van der Waals surface area (Å²) in [5, 5.41) is 9.88. The predicted octanol–water partition coefficient (Wildman–Crippen LogP) is 3.51. The Labute approximate surface area is 104 Å². The highest BCUT2D eigenvalue weighted by Gasteiger charge is 2.30. The highest BCUT2D eigenvalue weighted by atomic mass is 16.3. The second-order valence-corrected chi connectivity index (χ2v) is 5.13. The first-order chi connectivity index (χ1) is 8.15. The number of rotatable bonds is 3. The maximum absolute atomic E-state index is 9.88. The number of benzene rings is 1. The molecule has 17 heavy (non-hydrogen) atoms. The van der Waals surface area contributed by atoms with Crippen LogP contribution < -0.4 is 4.90 Å². The van der Waals surface area contributed by atoms with Gasteiger partial charge in [-0.25, -0.2) is 0 Å². The first-order valence-corrected chi connectivity index (χ1v) is 6.70. The van der Waals surface area contributed by atoms with Crippen LogP contribution in [0.1, 0.15) is 51.7 Å². The molecule has 1 saturated heterocycles. The van der Waals surface area contributed by atoms with Crippen LogP contribution in [0.2, 0.25) is 0 Å². The van der Waals surface area contributed by atoms with Crippen molar-refractivity contribution in [2.24, 2.45) is 0 Å². The van der Waals surface area contributed by atoms with E-state index in [1.807, 2.05) is 19.1 Å². The topological polar surface area (TPSA) is 23.5 Å². The molecular weight excluding hydrogens is 210 g/mol. The van der Waals surface area contributed by atoms with E-state index in [1.54, 1.807) is 0 Å². The zero-order valence-corrected chi connectivity index (χ0v) is 11.1. The van der Waals surface area contributed by atoms with Gasteiger partial charge in [-0.05, 0) is 39.2 Å². The largest absolute Gasteiger partial charge is 0.389 e. The van der Waals surface area contributed by atoms with Crippen LogP contribution in [0.15, 0.2) is 24.3 Å². The lowest BCUT2D eigenvalue weighted by Gasteiger charge is -2.32. The Bertz CT molecular complexity index is 375. The molecule has 1 aromatic rings. The summed E-state index contributed by atoms with van der Waals surface area (Å²) in [7, 11) is 0. The first kappa shape index (κ1) is 12.4. The second kappa shape index (κ2) is 5.09. The molecule has 2 rings (SSSR count). The molecule has 0 saturated carbocycles. The summed E-state index contributed by atoms with van der Waals surface area (Å²) >= 11 is 0. The van der Waals surface area contributed by atoms with Gasteiger partial charge in [0.2, 0.25) is 0 Å². The van der Waals surface area contributed by atoms with E-state index in [0.29, 0.717) is 12.1 Å². The molecule has 0 spiro atoms. The van der Waals surface area contributed by atoms with E-state index in [1.165, 1.54) is 24.9 Å². The number of anilines is 1. The molecule has 1 fully saturated rings. The zero-order valence-electron chi connectivity index (χ0n) is 11.1. The molecule has 1 aliphatic heterocycles. The van der Waals surface area contributed by atoms with E-state index in [9.17, 15) is 5.11 Å². The van der Waals surface area contributed by atoms with Crippen molar-refractivity contribution < 1.29 is 5.11 Å². The third-order valence-corrected chi connectivity index (χ3v) is 3.92. The van der Waals surface area contributed by atoms with Crippen LogP contribution in [0.25, 0.3) is 0 Å². The number of aliphatic hydroxyl groups is 1. The zero-order chi connectivity index (χ0) is 12.4. The van der Waals surface area contributed by atoms with Gasteiger partial charge in [-0.15, -0.1) is 0 Å². The standard InChI is InChI=1S/C15H23NO/c1-4-13-10-9-11(2)16(13)15-8-6-5-7-14(15)12(3)17/h5-8,11-13,17H,4,9-10H2,1-3H3. The van der Waals surface area contributed by atoms with Crippen molar-refractivity contribution in [3.05, 3.63) is 29.8 Å². The van der Waals surface area contributed by atoms with Crippen LogP contribution in [0.5, 0.6) is 0 Å². The maximum atomic E-state index is 9.88. The summed E-state index contributed by atoms with van der Waals surface area (Å²) in [6.07, 6.45) is 3.31. The molecule has 2 nitrogen and oxygen atoms in total. The lowest BCUT2D eigenvalue weighted by Crippen LogP contribution is -2.35. The van der Waals surface area contributed by atoms with Crippen LogP contribution in [0, 0.1) is 0 Å². The SMILES string of the molecule is CCC1CCC(C)N1c1ccccc1C(C)O. The van der Waals surface area contributed by atoms with E-state index in [0.717, 1.165) is 5.56 Å². The van der Waals surface area contributed by atoms with E-state index in [4.69, 9.17) is 0 Å². The molecule has 0 radical (unpaired) electrons. The van der Waals surface area contributed by atoms with Crippen molar-refractivity contribution in [2.75, 3.05) is 4.90 Å². The summed E-state index contributed by atoms with van der Waals surface area (Å²) < 4.78 is 0. The Morgan fingerprint density at radius 2 is 2.06 bits per heavy atom. The maximum Gasteiger partial charge on any atom is 0.0781 e. The average Bonchev–Trinajstić information content (AvgIpc) is 2.70. The molecule has 0 bridgehead atoms. The lowest BCUT2D eigenvalue weighted by atomic mass is 10.1. The Morgan fingerprint density at radius 3 is 2.71 bits per heavy atom. The van der Waals surface area contributed by atoms with Crippen molar-refractivity contribution in [3.8, 4) is 0 Å². The number of hydrogen-bond acceptors (Lipinski definition) is 2.